The Labute approximate surface area is 144 Å². The van der Waals surface area contributed by atoms with E-state index in [9.17, 15) is 4.79 Å². The van der Waals surface area contributed by atoms with Crippen molar-refractivity contribution < 1.29 is 9.53 Å². The molecule has 0 unspecified atom stereocenters. The van der Waals surface area contributed by atoms with Gasteiger partial charge >= 0.3 is 5.97 Å². The molecular weight excluding hydrogens is 284 g/mol. The third-order valence-corrected chi connectivity index (χ3v) is 5.25. The minimum atomic E-state index is 0.0281. The minimum absolute atomic E-state index is 0.0281. The first-order chi connectivity index (χ1) is 11.3. The van der Waals surface area contributed by atoms with E-state index in [0.717, 1.165) is 18.8 Å². The summed E-state index contributed by atoms with van der Waals surface area (Å²) in [5.74, 6) is 0.842. The molecule has 0 aliphatic heterocycles. The number of carbonyl (C=O) groups is 1. The van der Waals surface area contributed by atoms with Crippen LogP contribution in [0.3, 0.4) is 0 Å². The summed E-state index contributed by atoms with van der Waals surface area (Å²) in [4.78, 5) is 11.7. The van der Waals surface area contributed by atoms with Crippen molar-refractivity contribution in [2.75, 3.05) is 6.61 Å². The molecule has 0 amide bonds. The van der Waals surface area contributed by atoms with Crippen LogP contribution >= 0.6 is 0 Å². The predicted octanol–water partition coefficient (Wildman–Crippen LogP) is 6.81. The number of ether oxygens (including phenoxy) is 1. The molecule has 0 radical (unpaired) electrons. The van der Waals surface area contributed by atoms with E-state index < -0.39 is 0 Å². The zero-order valence-corrected chi connectivity index (χ0v) is 15.6. The van der Waals surface area contributed by atoms with Gasteiger partial charge < -0.3 is 4.74 Å². The van der Waals surface area contributed by atoms with Crippen LogP contribution in [-0.4, -0.2) is 12.6 Å². The quantitative estimate of drug-likeness (QED) is 0.259. The van der Waals surface area contributed by atoms with E-state index in [0.29, 0.717) is 13.0 Å². The molecule has 0 spiro atoms. The summed E-state index contributed by atoms with van der Waals surface area (Å²) in [5.41, 5.74) is 0. The lowest BCUT2D eigenvalue weighted by Crippen LogP contribution is -2.12. The number of rotatable bonds is 14. The Bertz CT molecular complexity index is 269. The summed E-state index contributed by atoms with van der Waals surface area (Å²) in [6.45, 7) is 2.92. The van der Waals surface area contributed by atoms with Gasteiger partial charge in [0.1, 0.15) is 0 Å². The summed E-state index contributed by atoms with van der Waals surface area (Å²) in [5, 5.41) is 0. The van der Waals surface area contributed by atoms with E-state index in [4.69, 9.17) is 4.74 Å². The summed E-state index contributed by atoms with van der Waals surface area (Å²) < 4.78 is 5.39. The highest BCUT2D eigenvalue weighted by molar-refractivity contribution is 5.69. The van der Waals surface area contributed by atoms with E-state index in [1.165, 1.54) is 89.9 Å². The van der Waals surface area contributed by atoms with Gasteiger partial charge in [0.05, 0.1) is 6.61 Å². The number of unbranched alkanes of at least 4 members (excludes halogenated alkanes) is 9. The Morgan fingerprint density at radius 3 is 2.00 bits per heavy atom. The van der Waals surface area contributed by atoms with Crippen molar-refractivity contribution in [1.29, 1.82) is 0 Å². The fraction of sp³-hybridized carbons (Fsp3) is 0.952. The fourth-order valence-corrected chi connectivity index (χ4v) is 3.64. The second kappa shape index (κ2) is 15.0. The Morgan fingerprint density at radius 2 is 1.39 bits per heavy atom. The molecule has 0 aromatic rings. The number of hydrogen-bond donors (Lipinski definition) is 0. The highest BCUT2D eigenvalue weighted by atomic mass is 16.5. The highest BCUT2D eigenvalue weighted by Gasteiger charge is 2.13. The Morgan fingerprint density at radius 1 is 0.826 bits per heavy atom. The molecule has 0 atom stereocenters. The summed E-state index contributed by atoms with van der Waals surface area (Å²) in [6.07, 6.45) is 21.7. The average molecular weight is 325 g/mol. The van der Waals surface area contributed by atoms with Crippen molar-refractivity contribution in [1.82, 2.24) is 0 Å². The van der Waals surface area contributed by atoms with Crippen molar-refractivity contribution in [2.45, 2.75) is 116 Å². The monoisotopic (exact) mass is 324 g/mol. The molecule has 1 fully saturated rings. The zero-order chi connectivity index (χ0) is 16.6. The van der Waals surface area contributed by atoms with Crippen molar-refractivity contribution >= 4 is 5.97 Å². The van der Waals surface area contributed by atoms with Gasteiger partial charge in [0.15, 0.2) is 0 Å². The normalized spacial score (nSPS) is 15.7. The number of hydrogen-bond acceptors (Lipinski definition) is 2. The minimum Gasteiger partial charge on any atom is -0.466 e. The standard InChI is InChI=1S/C21H40O2/c1-2-3-4-5-6-7-8-9-10-14-17-21(22)23-19-18-20-15-12-11-13-16-20/h20H,2-19H2,1H3. The molecule has 1 aliphatic rings. The van der Waals surface area contributed by atoms with Crippen molar-refractivity contribution in [3.05, 3.63) is 0 Å². The molecule has 0 saturated heterocycles. The van der Waals surface area contributed by atoms with Crippen LogP contribution in [0.5, 0.6) is 0 Å². The maximum absolute atomic E-state index is 11.7. The van der Waals surface area contributed by atoms with E-state index in [-0.39, 0.29) is 5.97 Å². The summed E-state index contributed by atoms with van der Waals surface area (Å²) >= 11 is 0. The second-order valence-electron chi connectivity index (χ2n) is 7.45. The first kappa shape index (κ1) is 20.5. The lowest BCUT2D eigenvalue weighted by atomic mass is 9.87. The highest BCUT2D eigenvalue weighted by Crippen LogP contribution is 2.26. The van der Waals surface area contributed by atoms with Gasteiger partial charge in [-0.15, -0.1) is 0 Å². The third kappa shape index (κ3) is 12.5. The Hall–Kier alpha value is -0.530. The van der Waals surface area contributed by atoms with E-state index >= 15 is 0 Å². The first-order valence-corrected chi connectivity index (χ1v) is 10.5. The topological polar surface area (TPSA) is 26.3 Å². The van der Waals surface area contributed by atoms with E-state index in [1.807, 2.05) is 0 Å². The van der Waals surface area contributed by atoms with Crippen LogP contribution in [0.15, 0.2) is 0 Å². The molecule has 0 bridgehead atoms. The van der Waals surface area contributed by atoms with E-state index in [2.05, 4.69) is 6.92 Å². The van der Waals surface area contributed by atoms with Crippen LogP contribution in [-0.2, 0) is 9.53 Å². The van der Waals surface area contributed by atoms with Gasteiger partial charge in [0.25, 0.3) is 0 Å². The Balaban J connectivity index is 1.79. The van der Waals surface area contributed by atoms with Crippen LogP contribution in [0.25, 0.3) is 0 Å². The molecule has 0 aromatic carbocycles. The Kier molecular flexibility index (Phi) is 13.4. The van der Waals surface area contributed by atoms with Gasteiger partial charge in [-0.3, -0.25) is 4.79 Å². The van der Waals surface area contributed by atoms with Crippen molar-refractivity contribution in [2.24, 2.45) is 5.92 Å². The zero-order valence-electron chi connectivity index (χ0n) is 15.6. The van der Waals surface area contributed by atoms with Crippen molar-refractivity contribution in [3.63, 3.8) is 0 Å². The molecule has 136 valence electrons. The maximum Gasteiger partial charge on any atom is 0.305 e. The molecule has 1 aliphatic carbocycles. The molecule has 1 rings (SSSR count). The van der Waals surface area contributed by atoms with Gasteiger partial charge in [0.2, 0.25) is 0 Å². The SMILES string of the molecule is CCCCCCCCCCCCC(=O)OCCC1CCCCC1. The second-order valence-corrected chi connectivity index (χ2v) is 7.45. The van der Waals surface area contributed by atoms with Gasteiger partial charge in [-0.05, 0) is 18.8 Å². The molecule has 0 heterocycles. The predicted molar refractivity (Wildman–Crippen MR) is 98.6 cm³/mol. The molecule has 2 heteroatoms. The lowest BCUT2D eigenvalue weighted by Gasteiger charge is -2.21. The average Bonchev–Trinajstić information content (AvgIpc) is 2.57. The van der Waals surface area contributed by atoms with Crippen LogP contribution in [0.4, 0.5) is 0 Å². The lowest BCUT2D eigenvalue weighted by molar-refractivity contribution is -0.144. The number of carbonyl (C=O) groups excluding carboxylic acids is 1. The number of esters is 1. The van der Waals surface area contributed by atoms with Gasteiger partial charge in [-0.1, -0.05) is 96.8 Å². The summed E-state index contributed by atoms with van der Waals surface area (Å²) in [6, 6.07) is 0. The molecule has 23 heavy (non-hydrogen) atoms. The molecular formula is C21H40O2. The molecule has 1 saturated carbocycles. The van der Waals surface area contributed by atoms with Crippen LogP contribution in [0.2, 0.25) is 0 Å². The van der Waals surface area contributed by atoms with Gasteiger partial charge in [0, 0.05) is 6.42 Å². The molecule has 0 N–H and O–H groups in total. The maximum atomic E-state index is 11.7. The van der Waals surface area contributed by atoms with Gasteiger partial charge in [-0.25, -0.2) is 0 Å². The largest absolute Gasteiger partial charge is 0.466 e. The molecule has 2 nitrogen and oxygen atoms in total. The molecule has 0 aromatic heterocycles. The van der Waals surface area contributed by atoms with E-state index in [1.54, 1.807) is 0 Å². The van der Waals surface area contributed by atoms with Gasteiger partial charge in [-0.2, -0.15) is 0 Å². The van der Waals surface area contributed by atoms with Crippen molar-refractivity contribution in [3.8, 4) is 0 Å². The fourth-order valence-electron chi connectivity index (χ4n) is 3.64. The summed E-state index contributed by atoms with van der Waals surface area (Å²) in [7, 11) is 0. The van der Waals surface area contributed by atoms with Crippen LogP contribution < -0.4 is 0 Å². The third-order valence-electron chi connectivity index (χ3n) is 5.25. The van der Waals surface area contributed by atoms with Crippen LogP contribution in [0.1, 0.15) is 116 Å². The van der Waals surface area contributed by atoms with Crippen LogP contribution in [0, 0.1) is 5.92 Å². The first-order valence-electron chi connectivity index (χ1n) is 10.5. The smallest absolute Gasteiger partial charge is 0.305 e.